The zero-order chi connectivity index (χ0) is 14.1. The van der Waals surface area contributed by atoms with Crippen LogP contribution in [0, 0.1) is 5.92 Å². The highest BCUT2D eigenvalue weighted by Crippen LogP contribution is 2.23. The highest BCUT2D eigenvalue weighted by molar-refractivity contribution is 5.79. The fourth-order valence-corrected chi connectivity index (χ4v) is 2.33. The summed E-state index contributed by atoms with van der Waals surface area (Å²) in [6.45, 7) is 0.748. The van der Waals surface area contributed by atoms with Crippen molar-refractivity contribution < 1.29 is 24.2 Å². The minimum Gasteiger partial charge on any atom is -0.481 e. The average molecular weight is 273 g/mol. The molecule has 0 aromatic heterocycles. The first kappa shape index (κ1) is 15.9. The highest BCUT2D eigenvalue weighted by atomic mass is 16.5. The molecule has 6 heteroatoms. The first-order valence-electron chi connectivity index (χ1n) is 6.74. The molecule has 0 heterocycles. The van der Waals surface area contributed by atoms with Gasteiger partial charge in [-0.2, -0.15) is 0 Å². The van der Waals surface area contributed by atoms with Crippen molar-refractivity contribution in [2.75, 3.05) is 26.9 Å². The number of hydrogen-bond acceptors (Lipinski definition) is 4. The molecule has 1 rings (SSSR count). The summed E-state index contributed by atoms with van der Waals surface area (Å²) >= 11 is 0. The second-order valence-electron chi connectivity index (χ2n) is 4.80. The molecule has 1 aliphatic rings. The van der Waals surface area contributed by atoms with E-state index in [2.05, 4.69) is 5.32 Å². The maximum Gasteiger partial charge on any atom is 0.308 e. The first-order chi connectivity index (χ1) is 9.15. The monoisotopic (exact) mass is 273 g/mol. The summed E-state index contributed by atoms with van der Waals surface area (Å²) in [5, 5.41) is 12.0. The molecule has 2 unspecified atom stereocenters. The Labute approximate surface area is 113 Å². The summed E-state index contributed by atoms with van der Waals surface area (Å²) in [4.78, 5) is 22.9. The van der Waals surface area contributed by atoms with E-state index in [9.17, 15) is 14.7 Å². The SMILES string of the molecule is COCCOCC(=O)NC1CCCCCC1C(=O)O. The van der Waals surface area contributed by atoms with E-state index < -0.39 is 11.9 Å². The Morgan fingerprint density at radius 1 is 1.21 bits per heavy atom. The summed E-state index contributed by atoms with van der Waals surface area (Å²) in [7, 11) is 1.56. The third kappa shape index (κ3) is 6.02. The average Bonchev–Trinajstić information content (AvgIpc) is 2.60. The summed E-state index contributed by atoms with van der Waals surface area (Å²) in [6, 6.07) is -0.279. The molecule has 2 N–H and O–H groups in total. The first-order valence-corrected chi connectivity index (χ1v) is 6.74. The predicted octanol–water partition coefficient (Wildman–Crippen LogP) is 0.799. The lowest BCUT2D eigenvalue weighted by molar-refractivity contribution is -0.143. The molecule has 1 amide bonds. The van der Waals surface area contributed by atoms with Crippen LogP contribution in [0.1, 0.15) is 32.1 Å². The number of carbonyl (C=O) groups is 2. The fraction of sp³-hybridized carbons (Fsp3) is 0.846. The minimum absolute atomic E-state index is 0.0494. The van der Waals surface area contributed by atoms with Crippen molar-refractivity contribution in [2.45, 2.75) is 38.1 Å². The van der Waals surface area contributed by atoms with E-state index in [0.29, 0.717) is 19.6 Å². The van der Waals surface area contributed by atoms with Crippen LogP contribution in [0.4, 0.5) is 0 Å². The Kier molecular flexibility index (Phi) is 7.43. The standard InChI is InChI=1S/C13H23NO5/c1-18-7-8-19-9-12(15)14-11-6-4-2-3-5-10(11)13(16)17/h10-11H,2-9H2,1H3,(H,14,15)(H,16,17). The van der Waals surface area contributed by atoms with E-state index in [1.165, 1.54) is 0 Å². The molecule has 1 saturated carbocycles. The molecule has 0 spiro atoms. The second-order valence-corrected chi connectivity index (χ2v) is 4.80. The number of carboxylic acids is 1. The molecule has 2 atom stereocenters. The summed E-state index contributed by atoms with van der Waals surface area (Å²) in [6.07, 6.45) is 4.25. The molecule has 0 aromatic carbocycles. The molecule has 0 saturated heterocycles. The van der Waals surface area contributed by atoms with Gasteiger partial charge in [0.05, 0.1) is 19.1 Å². The Balaban J connectivity index is 2.38. The summed E-state index contributed by atoms with van der Waals surface area (Å²) < 4.78 is 9.92. The molecule has 110 valence electrons. The number of carbonyl (C=O) groups excluding carboxylic acids is 1. The molecule has 19 heavy (non-hydrogen) atoms. The number of methoxy groups -OCH3 is 1. The van der Waals surface area contributed by atoms with Crippen molar-refractivity contribution in [1.82, 2.24) is 5.32 Å². The lowest BCUT2D eigenvalue weighted by Gasteiger charge is -2.22. The van der Waals surface area contributed by atoms with Gasteiger partial charge in [-0.1, -0.05) is 19.3 Å². The van der Waals surface area contributed by atoms with Gasteiger partial charge in [0.25, 0.3) is 0 Å². The molecule has 0 aromatic rings. The van der Waals surface area contributed by atoms with E-state index in [1.807, 2.05) is 0 Å². The zero-order valence-electron chi connectivity index (χ0n) is 11.4. The number of hydrogen-bond donors (Lipinski definition) is 2. The Bertz CT molecular complexity index is 295. The lowest BCUT2D eigenvalue weighted by Crippen LogP contribution is -2.44. The number of amides is 1. The number of ether oxygens (including phenoxy) is 2. The molecule has 0 aliphatic heterocycles. The summed E-state index contributed by atoms with van der Waals surface area (Å²) in [5.41, 5.74) is 0. The molecular formula is C13H23NO5. The van der Waals surface area contributed by atoms with Crippen molar-refractivity contribution in [2.24, 2.45) is 5.92 Å². The van der Waals surface area contributed by atoms with Gasteiger partial charge >= 0.3 is 5.97 Å². The normalized spacial score (nSPS) is 23.6. The lowest BCUT2D eigenvalue weighted by atomic mass is 9.95. The van der Waals surface area contributed by atoms with Gasteiger partial charge in [0.1, 0.15) is 6.61 Å². The zero-order valence-corrected chi connectivity index (χ0v) is 11.4. The smallest absolute Gasteiger partial charge is 0.308 e. The Morgan fingerprint density at radius 2 is 1.95 bits per heavy atom. The summed E-state index contributed by atoms with van der Waals surface area (Å²) in [5.74, 6) is -1.56. The van der Waals surface area contributed by atoms with Crippen LogP contribution in [0.2, 0.25) is 0 Å². The van der Waals surface area contributed by atoms with Crippen molar-refractivity contribution in [3.05, 3.63) is 0 Å². The van der Waals surface area contributed by atoms with Crippen LogP contribution < -0.4 is 5.32 Å². The topological polar surface area (TPSA) is 84.9 Å². The van der Waals surface area contributed by atoms with E-state index in [0.717, 1.165) is 25.7 Å². The third-order valence-corrected chi connectivity index (χ3v) is 3.34. The maximum absolute atomic E-state index is 11.7. The molecule has 1 aliphatic carbocycles. The van der Waals surface area contributed by atoms with Crippen molar-refractivity contribution in [1.29, 1.82) is 0 Å². The number of rotatable bonds is 7. The van der Waals surface area contributed by atoms with Crippen molar-refractivity contribution in [3.63, 3.8) is 0 Å². The maximum atomic E-state index is 11.7. The van der Waals surface area contributed by atoms with Crippen LogP contribution in [0.3, 0.4) is 0 Å². The molecular weight excluding hydrogens is 250 g/mol. The van der Waals surface area contributed by atoms with E-state index in [1.54, 1.807) is 7.11 Å². The predicted molar refractivity (Wildman–Crippen MR) is 68.8 cm³/mol. The number of carboxylic acid groups (broad SMARTS) is 1. The van der Waals surface area contributed by atoms with Gasteiger partial charge in [-0.25, -0.2) is 0 Å². The van der Waals surface area contributed by atoms with Gasteiger partial charge in [0.2, 0.25) is 5.91 Å². The number of nitrogens with one attached hydrogen (secondary N) is 1. The van der Waals surface area contributed by atoms with Gasteiger partial charge in [-0.05, 0) is 12.8 Å². The second kappa shape index (κ2) is 8.87. The van der Waals surface area contributed by atoms with Crippen molar-refractivity contribution >= 4 is 11.9 Å². The molecule has 1 fully saturated rings. The van der Waals surface area contributed by atoms with Crippen LogP contribution in [-0.4, -0.2) is 50.0 Å². The molecule has 0 bridgehead atoms. The molecule has 6 nitrogen and oxygen atoms in total. The largest absolute Gasteiger partial charge is 0.481 e. The minimum atomic E-state index is -0.826. The van der Waals surface area contributed by atoms with E-state index in [-0.39, 0.29) is 18.6 Å². The number of aliphatic carboxylic acids is 1. The van der Waals surface area contributed by atoms with Gasteiger partial charge in [0, 0.05) is 13.2 Å². The van der Waals surface area contributed by atoms with Gasteiger partial charge in [-0.3, -0.25) is 9.59 Å². The fourth-order valence-electron chi connectivity index (χ4n) is 2.33. The van der Waals surface area contributed by atoms with Crippen molar-refractivity contribution in [3.8, 4) is 0 Å². The van der Waals surface area contributed by atoms with Crippen LogP contribution in [0.5, 0.6) is 0 Å². The molecule has 0 radical (unpaired) electrons. The van der Waals surface area contributed by atoms with Crippen LogP contribution in [-0.2, 0) is 19.1 Å². The Morgan fingerprint density at radius 3 is 2.63 bits per heavy atom. The van der Waals surface area contributed by atoms with Crippen LogP contribution in [0.25, 0.3) is 0 Å². The highest BCUT2D eigenvalue weighted by Gasteiger charge is 2.30. The van der Waals surface area contributed by atoms with Gasteiger partial charge < -0.3 is 19.9 Å². The van der Waals surface area contributed by atoms with Gasteiger partial charge in [-0.15, -0.1) is 0 Å². The van der Waals surface area contributed by atoms with Crippen LogP contribution >= 0.6 is 0 Å². The third-order valence-electron chi connectivity index (χ3n) is 3.34. The Hall–Kier alpha value is -1.14. The van der Waals surface area contributed by atoms with E-state index in [4.69, 9.17) is 9.47 Å². The van der Waals surface area contributed by atoms with Crippen LogP contribution in [0.15, 0.2) is 0 Å². The van der Waals surface area contributed by atoms with Gasteiger partial charge in [0.15, 0.2) is 0 Å². The van der Waals surface area contributed by atoms with E-state index >= 15 is 0 Å². The quantitative estimate of drug-likeness (QED) is 0.529.